The van der Waals surface area contributed by atoms with Gasteiger partial charge in [0.15, 0.2) is 0 Å². The van der Waals surface area contributed by atoms with Crippen LogP contribution in [0.1, 0.15) is 44.9 Å². The highest BCUT2D eigenvalue weighted by Gasteiger charge is 2.23. The van der Waals surface area contributed by atoms with Crippen LogP contribution in [0, 0.1) is 5.92 Å². The number of nitrogens with two attached hydrogens (primary N) is 1. The number of likely N-dealkylation sites (tertiary alicyclic amines) is 1. The molecule has 5 heteroatoms. The largest absolute Gasteiger partial charge is 0.384 e. The van der Waals surface area contributed by atoms with E-state index in [0.29, 0.717) is 11.9 Å². The summed E-state index contributed by atoms with van der Waals surface area (Å²) in [7, 11) is 0. The summed E-state index contributed by atoms with van der Waals surface area (Å²) in [5.74, 6) is 2.31. The van der Waals surface area contributed by atoms with E-state index < -0.39 is 0 Å². The van der Waals surface area contributed by atoms with Crippen molar-refractivity contribution in [3.8, 4) is 0 Å². The maximum Gasteiger partial charge on any atom is 0.131 e. The van der Waals surface area contributed by atoms with Gasteiger partial charge in [-0.1, -0.05) is 19.3 Å². The third kappa shape index (κ3) is 4.30. The van der Waals surface area contributed by atoms with E-state index >= 15 is 0 Å². The van der Waals surface area contributed by atoms with Crippen LogP contribution in [-0.2, 0) is 0 Å². The molecule has 3 N–H and O–H groups in total. The van der Waals surface area contributed by atoms with E-state index in [9.17, 15) is 0 Å². The predicted octanol–water partition coefficient (Wildman–Crippen LogP) is 2.52. The molecule has 1 saturated heterocycles. The minimum atomic E-state index is 0.483. The van der Waals surface area contributed by atoms with Crippen molar-refractivity contribution in [2.24, 2.45) is 5.92 Å². The molecular weight excluding hydrogens is 262 g/mol. The number of nitrogens with zero attached hydrogens (tertiary/aromatic N) is 3. The number of piperidine rings is 1. The smallest absolute Gasteiger partial charge is 0.131 e. The molecule has 21 heavy (non-hydrogen) atoms. The molecule has 1 atom stereocenters. The van der Waals surface area contributed by atoms with Crippen LogP contribution in [0.3, 0.4) is 0 Å². The molecular formula is C16H27N5. The van der Waals surface area contributed by atoms with Crippen LogP contribution >= 0.6 is 0 Å². The molecule has 2 heterocycles. The summed E-state index contributed by atoms with van der Waals surface area (Å²) in [6, 6.07) is 2.30. The Morgan fingerprint density at radius 2 is 2.00 bits per heavy atom. The molecule has 2 fully saturated rings. The van der Waals surface area contributed by atoms with Gasteiger partial charge in [0.25, 0.3) is 0 Å². The summed E-state index contributed by atoms with van der Waals surface area (Å²) >= 11 is 0. The average molecular weight is 289 g/mol. The Hall–Kier alpha value is -1.36. The Labute approximate surface area is 127 Å². The van der Waals surface area contributed by atoms with Crippen molar-refractivity contribution >= 4 is 11.6 Å². The molecule has 0 spiro atoms. The summed E-state index contributed by atoms with van der Waals surface area (Å²) in [6.45, 7) is 3.66. The number of rotatable bonds is 4. The van der Waals surface area contributed by atoms with Crippen molar-refractivity contribution in [3.63, 3.8) is 0 Å². The second kappa shape index (κ2) is 7.07. The lowest BCUT2D eigenvalue weighted by Gasteiger charge is -2.36. The predicted molar refractivity (Wildman–Crippen MR) is 86.1 cm³/mol. The van der Waals surface area contributed by atoms with Crippen LogP contribution in [0.4, 0.5) is 11.6 Å². The van der Waals surface area contributed by atoms with Gasteiger partial charge < -0.3 is 16.0 Å². The highest BCUT2D eigenvalue weighted by molar-refractivity contribution is 5.44. The molecule has 1 aliphatic heterocycles. The van der Waals surface area contributed by atoms with Gasteiger partial charge in [-0.3, -0.25) is 0 Å². The second-order valence-corrected chi connectivity index (χ2v) is 6.58. The molecule has 0 amide bonds. The summed E-state index contributed by atoms with van der Waals surface area (Å²) in [5.41, 5.74) is 5.71. The van der Waals surface area contributed by atoms with Crippen LogP contribution in [0.2, 0.25) is 0 Å². The van der Waals surface area contributed by atoms with Crippen LogP contribution in [0.25, 0.3) is 0 Å². The Morgan fingerprint density at radius 1 is 1.14 bits per heavy atom. The molecule has 1 aromatic rings. The van der Waals surface area contributed by atoms with Gasteiger partial charge in [-0.05, 0) is 38.1 Å². The maximum atomic E-state index is 5.71. The van der Waals surface area contributed by atoms with Crippen molar-refractivity contribution in [1.82, 2.24) is 14.9 Å². The van der Waals surface area contributed by atoms with Crippen molar-refractivity contribution in [1.29, 1.82) is 0 Å². The summed E-state index contributed by atoms with van der Waals surface area (Å²) in [6.07, 6.45) is 11.2. The van der Waals surface area contributed by atoms with E-state index in [1.807, 2.05) is 6.07 Å². The summed E-state index contributed by atoms with van der Waals surface area (Å²) < 4.78 is 0. The van der Waals surface area contributed by atoms with Gasteiger partial charge in [-0.25, -0.2) is 9.97 Å². The molecule has 0 radical (unpaired) electrons. The second-order valence-electron chi connectivity index (χ2n) is 6.58. The molecule has 1 aliphatic carbocycles. The monoisotopic (exact) mass is 289 g/mol. The lowest BCUT2D eigenvalue weighted by Crippen LogP contribution is -2.44. The molecule has 3 rings (SSSR count). The highest BCUT2D eigenvalue weighted by Crippen LogP contribution is 2.26. The summed E-state index contributed by atoms with van der Waals surface area (Å²) in [5, 5.41) is 3.52. The van der Waals surface area contributed by atoms with E-state index in [-0.39, 0.29) is 0 Å². The number of hydrogen-bond donors (Lipinski definition) is 2. The van der Waals surface area contributed by atoms with Gasteiger partial charge >= 0.3 is 0 Å². The molecule has 0 unspecified atom stereocenters. The van der Waals surface area contributed by atoms with Crippen LogP contribution in [0.15, 0.2) is 12.4 Å². The number of hydrogen-bond acceptors (Lipinski definition) is 5. The average Bonchev–Trinajstić information content (AvgIpc) is 2.49. The van der Waals surface area contributed by atoms with Gasteiger partial charge in [0.1, 0.15) is 18.0 Å². The van der Waals surface area contributed by atoms with Crippen LogP contribution < -0.4 is 11.1 Å². The zero-order chi connectivity index (χ0) is 14.5. The van der Waals surface area contributed by atoms with Gasteiger partial charge in [-0.15, -0.1) is 0 Å². The number of anilines is 2. The third-order valence-electron chi connectivity index (χ3n) is 4.79. The lowest BCUT2D eigenvalue weighted by atomic mass is 9.88. The molecule has 1 aromatic heterocycles. The van der Waals surface area contributed by atoms with Crippen molar-refractivity contribution in [2.75, 3.05) is 30.7 Å². The minimum Gasteiger partial charge on any atom is -0.384 e. The molecule has 5 nitrogen and oxygen atoms in total. The number of nitrogen functional groups attached to an aromatic ring is 1. The molecule has 0 bridgehead atoms. The minimum absolute atomic E-state index is 0.483. The Balaban J connectivity index is 1.50. The fourth-order valence-corrected chi connectivity index (χ4v) is 3.73. The van der Waals surface area contributed by atoms with E-state index in [4.69, 9.17) is 5.73 Å². The number of aromatic nitrogens is 2. The highest BCUT2D eigenvalue weighted by atomic mass is 15.2. The first kappa shape index (κ1) is 14.6. The van der Waals surface area contributed by atoms with Crippen LogP contribution in [-0.4, -0.2) is 40.5 Å². The standard InChI is InChI=1S/C16H27N5/c17-15-9-16(19-12-18-15)20-14-7-4-8-21(11-14)10-13-5-2-1-3-6-13/h9,12-14H,1-8,10-11H2,(H3,17,18,19,20)/t14-/m1/s1. The first-order valence-corrected chi connectivity index (χ1v) is 8.36. The fraction of sp³-hybridized carbons (Fsp3) is 0.750. The van der Waals surface area contributed by atoms with E-state index in [1.54, 1.807) is 0 Å². The Kier molecular flexibility index (Phi) is 4.91. The first-order chi connectivity index (χ1) is 10.3. The van der Waals surface area contributed by atoms with Crippen molar-refractivity contribution < 1.29 is 0 Å². The normalized spacial score (nSPS) is 24.9. The fourth-order valence-electron chi connectivity index (χ4n) is 3.73. The first-order valence-electron chi connectivity index (χ1n) is 8.36. The number of nitrogens with one attached hydrogen (secondary N) is 1. The third-order valence-corrected chi connectivity index (χ3v) is 4.79. The molecule has 1 saturated carbocycles. The van der Waals surface area contributed by atoms with E-state index in [1.165, 1.54) is 64.4 Å². The van der Waals surface area contributed by atoms with Crippen molar-refractivity contribution in [3.05, 3.63) is 12.4 Å². The SMILES string of the molecule is Nc1cc(N[C@@H]2CCCN(CC3CCCCC3)C2)ncn1. The molecule has 2 aliphatic rings. The quantitative estimate of drug-likeness (QED) is 0.891. The molecule has 0 aromatic carbocycles. The van der Waals surface area contributed by atoms with Crippen LogP contribution in [0.5, 0.6) is 0 Å². The Bertz CT molecular complexity index is 444. The molecule has 116 valence electrons. The van der Waals surface area contributed by atoms with Gasteiger partial charge in [0.2, 0.25) is 0 Å². The zero-order valence-electron chi connectivity index (χ0n) is 12.8. The van der Waals surface area contributed by atoms with Crippen molar-refractivity contribution in [2.45, 2.75) is 51.0 Å². The zero-order valence-corrected chi connectivity index (χ0v) is 12.8. The Morgan fingerprint density at radius 3 is 2.81 bits per heavy atom. The van der Waals surface area contributed by atoms with Gasteiger partial charge in [0.05, 0.1) is 0 Å². The van der Waals surface area contributed by atoms with Gasteiger partial charge in [-0.2, -0.15) is 0 Å². The van der Waals surface area contributed by atoms with E-state index in [0.717, 1.165) is 18.3 Å². The maximum absolute atomic E-state index is 5.71. The summed E-state index contributed by atoms with van der Waals surface area (Å²) in [4.78, 5) is 10.8. The topological polar surface area (TPSA) is 67.1 Å². The lowest BCUT2D eigenvalue weighted by molar-refractivity contribution is 0.166. The van der Waals surface area contributed by atoms with Gasteiger partial charge in [0, 0.05) is 25.2 Å². The van der Waals surface area contributed by atoms with E-state index in [2.05, 4.69) is 20.2 Å².